The van der Waals surface area contributed by atoms with Crippen LogP contribution < -0.4 is 10.1 Å². The highest BCUT2D eigenvalue weighted by molar-refractivity contribution is 6.30. The quantitative estimate of drug-likeness (QED) is 0.920. The fourth-order valence-corrected chi connectivity index (χ4v) is 1.83. The van der Waals surface area contributed by atoms with Gasteiger partial charge in [-0.1, -0.05) is 11.6 Å². The molecule has 0 aliphatic carbocycles. The highest BCUT2D eigenvalue weighted by Gasteiger charge is 2.12. The van der Waals surface area contributed by atoms with Crippen LogP contribution in [0.25, 0.3) is 0 Å². The summed E-state index contributed by atoms with van der Waals surface area (Å²) in [6.45, 7) is 2.46. The number of anilines is 1. The van der Waals surface area contributed by atoms with Crippen LogP contribution >= 0.6 is 11.6 Å². The van der Waals surface area contributed by atoms with Crippen molar-refractivity contribution >= 4 is 23.2 Å². The first-order valence-corrected chi connectivity index (χ1v) is 6.47. The monoisotopic (exact) mass is 293 g/mol. The van der Waals surface area contributed by atoms with Gasteiger partial charge in [0.05, 0.1) is 12.2 Å². The van der Waals surface area contributed by atoms with Crippen molar-refractivity contribution in [1.82, 2.24) is 0 Å². The molecule has 104 valence electrons. The Kier molecular flexibility index (Phi) is 4.58. The van der Waals surface area contributed by atoms with Crippen LogP contribution in [0.4, 0.5) is 10.1 Å². The number of ether oxygens (including phenoxy) is 1. The molecular formula is C15H13ClFNO2. The number of rotatable bonds is 4. The van der Waals surface area contributed by atoms with Gasteiger partial charge in [0.2, 0.25) is 0 Å². The van der Waals surface area contributed by atoms with Gasteiger partial charge in [-0.15, -0.1) is 0 Å². The van der Waals surface area contributed by atoms with E-state index in [4.69, 9.17) is 16.3 Å². The van der Waals surface area contributed by atoms with Gasteiger partial charge in [0, 0.05) is 10.7 Å². The Morgan fingerprint density at radius 1 is 1.25 bits per heavy atom. The number of hydrogen-bond donors (Lipinski definition) is 1. The van der Waals surface area contributed by atoms with Gasteiger partial charge in [0.15, 0.2) is 0 Å². The average molecular weight is 294 g/mol. The van der Waals surface area contributed by atoms with Crippen molar-refractivity contribution in [3.63, 3.8) is 0 Å². The number of halogens is 2. The highest BCUT2D eigenvalue weighted by atomic mass is 35.5. The van der Waals surface area contributed by atoms with Gasteiger partial charge in [0.1, 0.15) is 11.6 Å². The Morgan fingerprint density at radius 3 is 2.55 bits per heavy atom. The van der Waals surface area contributed by atoms with Crippen LogP contribution in [0.3, 0.4) is 0 Å². The number of nitrogens with one attached hydrogen (secondary N) is 1. The second kappa shape index (κ2) is 6.39. The van der Waals surface area contributed by atoms with E-state index in [1.54, 1.807) is 24.3 Å². The molecule has 0 radical (unpaired) electrons. The summed E-state index contributed by atoms with van der Waals surface area (Å²) >= 11 is 5.64. The molecular weight excluding hydrogens is 281 g/mol. The minimum absolute atomic E-state index is 0.0525. The minimum atomic E-state index is -0.652. The fraction of sp³-hybridized carbons (Fsp3) is 0.133. The molecule has 1 amide bonds. The molecule has 0 aliphatic heterocycles. The van der Waals surface area contributed by atoms with Crippen LogP contribution in [0.1, 0.15) is 17.3 Å². The predicted octanol–water partition coefficient (Wildman–Crippen LogP) is 4.13. The van der Waals surface area contributed by atoms with E-state index < -0.39 is 11.7 Å². The SMILES string of the molecule is CCOc1ccc(NC(=O)c2ccc(Cl)cc2F)cc1. The first kappa shape index (κ1) is 14.3. The lowest BCUT2D eigenvalue weighted by atomic mass is 10.2. The molecule has 0 atom stereocenters. The zero-order valence-corrected chi connectivity index (χ0v) is 11.6. The number of carbonyl (C=O) groups is 1. The smallest absolute Gasteiger partial charge is 0.258 e. The summed E-state index contributed by atoms with van der Waals surface area (Å²) in [5.41, 5.74) is 0.510. The maximum absolute atomic E-state index is 13.6. The maximum Gasteiger partial charge on any atom is 0.258 e. The van der Waals surface area contributed by atoms with E-state index in [0.717, 1.165) is 6.07 Å². The third kappa shape index (κ3) is 3.48. The molecule has 0 spiro atoms. The first-order valence-electron chi connectivity index (χ1n) is 6.09. The van der Waals surface area contributed by atoms with Gasteiger partial charge < -0.3 is 10.1 Å². The second-order valence-electron chi connectivity index (χ2n) is 4.04. The summed E-state index contributed by atoms with van der Waals surface area (Å²) in [6.07, 6.45) is 0. The molecule has 2 aromatic rings. The predicted molar refractivity (Wildman–Crippen MR) is 77.0 cm³/mol. The summed E-state index contributed by atoms with van der Waals surface area (Å²) in [6, 6.07) is 10.8. The van der Waals surface area contributed by atoms with Gasteiger partial charge >= 0.3 is 0 Å². The molecule has 0 unspecified atom stereocenters. The lowest BCUT2D eigenvalue weighted by Crippen LogP contribution is -2.13. The van der Waals surface area contributed by atoms with Gasteiger partial charge in [-0.2, -0.15) is 0 Å². The average Bonchev–Trinajstić information content (AvgIpc) is 2.41. The molecule has 20 heavy (non-hydrogen) atoms. The lowest BCUT2D eigenvalue weighted by molar-refractivity contribution is 0.102. The number of amides is 1. The maximum atomic E-state index is 13.6. The highest BCUT2D eigenvalue weighted by Crippen LogP contribution is 2.18. The zero-order valence-electron chi connectivity index (χ0n) is 10.8. The van der Waals surface area contributed by atoms with Crippen LogP contribution in [-0.2, 0) is 0 Å². The Bertz CT molecular complexity index is 614. The molecule has 2 aromatic carbocycles. The van der Waals surface area contributed by atoms with Gasteiger partial charge in [-0.3, -0.25) is 4.79 Å². The molecule has 0 aromatic heterocycles. The van der Waals surface area contributed by atoms with Crippen molar-refractivity contribution in [3.8, 4) is 5.75 Å². The van der Waals surface area contributed by atoms with Crippen molar-refractivity contribution in [1.29, 1.82) is 0 Å². The standard InChI is InChI=1S/C15H13ClFNO2/c1-2-20-12-6-4-11(5-7-12)18-15(19)13-8-3-10(16)9-14(13)17/h3-9H,2H2,1H3,(H,18,19). The minimum Gasteiger partial charge on any atom is -0.494 e. The molecule has 0 heterocycles. The van der Waals surface area contributed by atoms with E-state index in [-0.39, 0.29) is 10.6 Å². The van der Waals surface area contributed by atoms with Crippen molar-refractivity contribution < 1.29 is 13.9 Å². The fourth-order valence-electron chi connectivity index (χ4n) is 1.67. The summed E-state index contributed by atoms with van der Waals surface area (Å²) in [5.74, 6) is -0.465. The summed E-state index contributed by atoms with van der Waals surface area (Å²) in [5, 5.41) is 2.86. The van der Waals surface area contributed by atoms with Crippen LogP contribution in [0.5, 0.6) is 5.75 Å². The van der Waals surface area contributed by atoms with Crippen LogP contribution in [0, 0.1) is 5.82 Å². The molecule has 3 nitrogen and oxygen atoms in total. The number of carbonyl (C=O) groups excluding carboxylic acids is 1. The third-order valence-corrected chi connectivity index (χ3v) is 2.83. The Labute approximate surface area is 121 Å². The molecule has 2 rings (SSSR count). The third-order valence-electron chi connectivity index (χ3n) is 2.60. The van der Waals surface area contributed by atoms with Gasteiger partial charge in [-0.25, -0.2) is 4.39 Å². The largest absolute Gasteiger partial charge is 0.494 e. The van der Waals surface area contributed by atoms with Crippen molar-refractivity contribution in [2.24, 2.45) is 0 Å². The summed E-state index contributed by atoms with van der Waals surface area (Å²) < 4.78 is 18.9. The van der Waals surface area contributed by atoms with E-state index in [2.05, 4.69) is 5.32 Å². The van der Waals surface area contributed by atoms with Gasteiger partial charge in [0.25, 0.3) is 5.91 Å². The molecule has 0 bridgehead atoms. The molecule has 0 saturated heterocycles. The normalized spacial score (nSPS) is 10.2. The summed E-state index contributed by atoms with van der Waals surface area (Å²) in [7, 11) is 0. The van der Waals surface area contributed by atoms with Gasteiger partial charge in [-0.05, 0) is 49.4 Å². The zero-order chi connectivity index (χ0) is 14.5. The van der Waals surface area contributed by atoms with Crippen LogP contribution in [-0.4, -0.2) is 12.5 Å². The van der Waals surface area contributed by atoms with Crippen molar-refractivity contribution in [2.45, 2.75) is 6.92 Å². The van der Waals surface area contributed by atoms with E-state index in [1.807, 2.05) is 6.92 Å². The molecule has 0 fully saturated rings. The van der Waals surface area contributed by atoms with Crippen LogP contribution in [0.2, 0.25) is 5.02 Å². The summed E-state index contributed by atoms with van der Waals surface area (Å²) in [4.78, 5) is 11.9. The van der Waals surface area contributed by atoms with E-state index >= 15 is 0 Å². The first-order chi connectivity index (χ1) is 9.60. The lowest BCUT2D eigenvalue weighted by Gasteiger charge is -2.08. The Morgan fingerprint density at radius 2 is 1.95 bits per heavy atom. The number of benzene rings is 2. The second-order valence-corrected chi connectivity index (χ2v) is 4.47. The van der Waals surface area contributed by atoms with Crippen LogP contribution in [0.15, 0.2) is 42.5 Å². The Hall–Kier alpha value is -2.07. The number of hydrogen-bond acceptors (Lipinski definition) is 2. The van der Waals surface area contributed by atoms with E-state index in [1.165, 1.54) is 12.1 Å². The van der Waals surface area contributed by atoms with Crippen molar-refractivity contribution in [3.05, 3.63) is 58.9 Å². The molecule has 5 heteroatoms. The molecule has 0 aliphatic rings. The van der Waals surface area contributed by atoms with Crippen molar-refractivity contribution in [2.75, 3.05) is 11.9 Å². The van der Waals surface area contributed by atoms with E-state index in [0.29, 0.717) is 18.0 Å². The molecule has 1 N–H and O–H groups in total. The topological polar surface area (TPSA) is 38.3 Å². The van der Waals surface area contributed by atoms with E-state index in [9.17, 15) is 9.18 Å². The Balaban J connectivity index is 2.11. The molecule has 0 saturated carbocycles.